The molecular weight excluding hydrogens is 208 g/mol. The van der Waals surface area contributed by atoms with Crippen molar-refractivity contribution in [1.82, 2.24) is 10.6 Å². The van der Waals surface area contributed by atoms with Crippen LogP contribution in [-0.4, -0.2) is 37.0 Å². The number of rotatable bonds is 5. The van der Waals surface area contributed by atoms with E-state index >= 15 is 0 Å². The second-order valence-electron chi connectivity index (χ2n) is 4.64. The van der Waals surface area contributed by atoms with Crippen molar-refractivity contribution < 1.29 is 4.79 Å². The normalized spacial score (nSPS) is 27.7. The molecule has 0 saturated carbocycles. The van der Waals surface area contributed by atoms with E-state index in [1.807, 2.05) is 18.7 Å². The summed E-state index contributed by atoms with van der Waals surface area (Å²) in [6.07, 6.45) is 4.10. The third-order valence-electron chi connectivity index (χ3n) is 3.05. The van der Waals surface area contributed by atoms with Crippen molar-refractivity contribution in [3.8, 4) is 0 Å². The van der Waals surface area contributed by atoms with Crippen LogP contribution < -0.4 is 10.6 Å². The quantitative estimate of drug-likeness (QED) is 0.747. The van der Waals surface area contributed by atoms with Crippen molar-refractivity contribution >= 4 is 17.7 Å². The smallest absolute Gasteiger partial charge is 0.227 e. The van der Waals surface area contributed by atoms with Crippen LogP contribution in [0.3, 0.4) is 0 Å². The summed E-state index contributed by atoms with van der Waals surface area (Å²) in [5, 5.41) is 6.35. The fourth-order valence-corrected chi connectivity index (χ4v) is 2.36. The molecule has 0 aliphatic carbocycles. The van der Waals surface area contributed by atoms with Gasteiger partial charge in [0.15, 0.2) is 0 Å². The van der Waals surface area contributed by atoms with E-state index in [0.717, 1.165) is 31.7 Å². The zero-order chi connectivity index (χ0) is 11.3. The van der Waals surface area contributed by atoms with Gasteiger partial charge in [0, 0.05) is 12.6 Å². The maximum Gasteiger partial charge on any atom is 0.227 e. The van der Waals surface area contributed by atoms with E-state index in [1.165, 1.54) is 0 Å². The van der Waals surface area contributed by atoms with Gasteiger partial charge in [-0.2, -0.15) is 11.8 Å². The van der Waals surface area contributed by atoms with Crippen molar-refractivity contribution in [2.75, 3.05) is 25.1 Å². The Morgan fingerprint density at radius 1 is 1.67 bits per heavy atom. The summed E-state index contributed by atoms with van der Waals surface area (Å²) in [7, 11) is 0. The largest absolute Gasteiger partial charge is 0.353 e. The Morgan fingerprint density at radius 2 is 2.40 bits per heavy atom. The second kappa shape index (κ2) is 5.75. The number of thioether (sulfide) groups is 1. The molecule has 4 heteroatoms. The van der Waals surface area contributed by atoms with Gasteiger partial charge < -0.3 is 10.6 Å². The Bertz CT molecular complexity index is 215. The average Bonchev–Trinajstić information content (AvgIpc) is 2.63. The average molecular weight is 230 g/mol. The van der Waals surface area contributed by atoms with Crippen LogP contribution in [0.5, 0.6) is 0 Å². The van der Waals surface area contributed by atoms with E-state index in [9.17, 15) is 4.79 Å². The van der Waals surface area contributed by atoms with E-state index in [1.54, 1.807) is 0 Å². The highest BCUT2D eigenvalue weighted by Gasteiger charge is 2.36. The molecule has 0 aromatic heterocycles. The van der Waals surface area contributed by atoms with Gasteiger partial charge in [0.05, 0.1) is 5.41 Å². The van der Waals surface area contributed by atoms with Crippen LogP contribution in [0.4, 0.5) is 0 Å². The van der Waals surface area contributed by atoms with Crippen LogP contribution in [0, 0.1) is 5.41 Å². The molecule has 0 radical (unpaired) electrons. The van der Waals surface area contributed by atoms with Crippen molar-refractivity contribution in [1.29, 1.82) is 0 Å². The zero-order valence-corrected chi connectivity index (χ0v) is 10.7. The highest BCUT2D eigenvalue weighted by atomic mass is 32.2. The minimum Gasteiger partial charge on any atom is -0.353 e. The lowest BCUT2D eigenvalue weighted by Crippen LogP contribution is -2.44. The molecule has 2 unspecified atom stereocenters. The number of carbonyl (C=O) groups excluding carboxylic acids is 1. The predicted molar refractivity (Wildman–Crippen MR) is 66.2 cm³/mol. The fraction of sp³-hybridized carbons (Fsp3) is 0.909. The first-order chi connectivity index (χ1) is 7.08. The number of hydrogen-bond acceptors (Lipinski definition) is 3. The lowest BCUT2D eigenvalue weighted by Gasteiger charge is -2.24. The number of amides is 1. The molecule has 1 rings (SSSR count). The van der Waals surface area contributed by atoms with E-state index in [0.29, 0.717) is 6.04 Å². The van der Waals surface area contributed by atoms with Crippen molar-refractivity contribution in [3.05, 3.63) is 0 Å². The van der Waals surface area contributed by atoms with Crippen LogP contribution >= 0.6 is 11.8 Å². The summed E-state index contributed by atoms with van der Waals surface area (Å²) in [6.45, 7) is 5.90. The minimum atomic E-state index is -0.187. The Balaban J connectivity index is 2.34. The van der Waals surface area contributed by atoms with Gasteiger partial charge in [-0.1, -0.05) is 0 Å². The molecule has 2 atom stereocenters. The molecule has 1 fully saturated rings. The number of carbonyl (C=O) groups is 1. The maximum absolute atomic E-state index is 12.0. The second-order valence-corrected chi connectivity index (χ2v) is 5.63. The molecule has 0 spiro atoms. The molecule has 15 heavy (non-hydrogen) atoms. The molecular formula is C11H22N2OS. The van der Waals surface area contributed by atoms with E-state index in [2.05, 4.69) is 23.8 Å². The van der Waals surface area contributed by atoms with Gasteiger partial charge in [0.2, 0.25) is 5.91 Å². The lowest BCUT2D eigenvalue weighted by molar-refractivity contribution is -0.129. The third kappa shape index (κ3) is 3.68. The molecule has 1 heterocycles. The standard InChI is InChI=1S/C11H22N2OS/c1-9(4-7-15-3)13-10(14)11(2)5-6-12-8-11/h9,12H,4-8H2,1-3H3,(H,13,14). The summed E-state index contributed by atoms with van der Waals surface area (Å²) in [5.74, 6) is 1.32. The van der Waals surface area contributed by atoms with E-state index < -0.39 is 0 Å². The van der Waals surface area contributed by atoms with Crippen LogP contribution in [0.15, 0.2) is 0 Å². The SMILES string of the molecule is CSCCC(C)NC(=O)C1(C)CCNC1. The van der Waals surface area contributed by atoms with Crippen molar-refractivity contribution in [2.24, 2.45) is 5.41 Å². The molecule has 0 aromatic carbocycles. The van der Waals surface area contributed by atoms with Gasteiger partial charge >= 0.3 is 0 Å². The molecule has 1 aliphatic heterocycles. The summed E-state index contributed by atoms with van der Waals surface area (Å²) in [5.41, 5.74) is -0.187. The minimum absolute atomic E-state index is 0.187. The summed E-state index contributed by atoms with van der Waals surface area (Å²) < 4.78 is 0. The van der Waals surface area contributed by atoms with Crippen molar-refractivity contribution in [3.63, 3.8) is 0 Å². The maximum atomic E-state index is 12.0. The van der Waals surface area contributed by atoms with Crippen molar-refractivity contribution in [2.45, 2.75) is 32.7 Å². The number of nitrogens with one attached hydrogen (secondary N) is 2. The summed E-state index contributed by atoms with van der Waals surface area (Å²) >= 11 is 1.82. The highest BCUT2D eigenvalue weighted by Crippen LogP contribution is 2.24. The first kappa shape index (κ1) is 12.8. The van der Waals surface area contributed by atoms with Gasteiger partial charge in [-0.25, -0.2) is 0 Å². The molecule has 0 aromatic rings. The molecule has 88 valence electrons. The third-order valence-corrected chi connectivity index (χ3v) is 3.69. The van der Waals surface area contributed by atoms with Crippen LogP contribution in [-0.2, 0) is 4.79 Å². The summed E-state index contributed by atoms with van der Waals surface area (Å²) in [6, 6.07) is 0.294. The van der Waals surface area contributed by atoms with Gasteiger partial charge in [-0.3, -0.25) is 4.79 Å². The van der Waals surface area contributed by atoms with Crippen LogP contribution in [0.1, 0.15) is 26.7 Å². The number of hydrogen-bond donors (Lipinski definition) is 2. The predicted octanol–water partition coefficient (Wildman–Crippen LogP) is 1.24. The van der Waals surface area contributed by atoms with Crippen LogP contribution in [0.2, 0.25) is 0 Å². The Morgan fingerprint density at radius 3 is 2.93 bits per heavy atom. The monoisotopic (exact) mass is 230 g/mol. The first-order valence-corrected chi connectivity index (χ1v) is 6.98. The van der Waals surface area contributed by atoms with Gasteiger partial charge in [0.25, 0.3) is 0 Å². The van der Waals surface area contributed by atoms with Crippen LogP contribution in [0.25, 0.3) is 0 Å². The molecule has 3 nitrogen and oxygen atoms in total. The highest BCUT2D eigenvalue weighted by molar-refractivity contribution is 7.98. The molecule has 2 N–H and O–H groups in total. The van der Waals surface area contributed by atoms with Gasteiger partial charge in [-0.05, 0) is 45.2 Å². The van der Waals surface area contributed by atoms with Gasteiger partial charge in [-0.15, -0.1) is 0 Å². The molecule has 1 amide bonds. The van der Waals surface area contributed by atoms with Gasteiger partial charge in [0.1, 0.15) is 0 Å². The topological polar surface area (TPSA) is 41.1 Å². The molecule has 1 saturated heterocycles. The first-order valence-electron chi connectivity index (χ1n) is 5.59. The molecule has 1 aliphatic rings. The molecule has 0 bridgehead atoms. The summed E-state index contributed by atoms with van der Waals surface area (Å²) in [4.78, 5) is 12.0. The Kier molecular flexibility index (Phi) is 4.93. The van der Waals surface area contributed by atoms with E-state index in [4.69, 9.17) is 0 Å². The lowest BCUT2D eigenvalue weighted by atomic mass is 9.88. The fourth-order valence-electron chi connectivity index (χ4n) is 1.78. The Hall–Kier alpha value is -0.220. The Labute approximate surface area is 96.8 Å². The van der Waals surface area contributed by atoms with E-state index in [-0.39, 0.29) is 11.3 Å². The zero-order valence-electron chi connectivity index (χ0n) is 9.93.